The van der Waals surface area contributed by atoms with Crippen LogP contribution in [0.2, 0.25) is 0 Å². The van der Waals surface area contributed by atoms with E-state index < -0.39 is 16.3 Å². The van der Waals surface area contributed by atoms with E-state index in [9.17, 15) is 17.6 Å². The molecule has 1 aromatic rings. The molecule has 0 heterocycles. The van der Waals surface area contributed by atoms with E-state index in [-0.39, 0.29) is 5.56 Å². The molecular weight excluding hydrogens is 267 g/mol. The van der Waals surface area contributed by atoms with Crippen molar-refractivity contribution >= 4 is 23.2 Å². The third kappa shape index (κ3) is 4.30. The summed E-state index contributed by atoms with van der Waals surface area (Å²) in [5.74, 6) is 4.04. The molecule has 0 aromatic heterocycles. The summed E-state index contributed by atoms with van der Waals surface area (Å²) in [5.41, 5.74) is -0.613. The van der Waals surface area contributed by atoms with Gasteiger partial charge >= 0.3 is 10.8 Å². The van der Waals surface area contributed by atoms with Gasteiger partial charge in [-0.05, 0) is 30.2 Å². The highest BCUT2D eigenvalue weighted by molar-refractivity contribution is 6.49. The lowest BCUT2D eigenvalue weighted by molar-refractivity contribution is -0.137. The normalized spacial score (nSPS) is 11.9. The minimum Gasteiger partial charge on any atom is -0.193 e. The first-order valence-electron chi connectivity index (χ1n) is 3.96. The summed E-state index contributed by atoms with van der Waals surface area (Å²) in [6.07, 6.45) is -4.41. The molecule has 0 saturated heterocycles. The Morgan fingerprint density at radius 2 is 1.44 bits per heavy atom. The van der Waals surface area contributed by atoms with Crippen molar-refractivity contribution in [3.63, 3.8) is 0 Å². The van der Waals surface area contributed by atoms with Crippen molar-refractivity contribution in [2.45, 2.75) is 10.8 Å². The molecule has 0 aliphatic carbocycles. The molecule has 0 amide bonds. The van der Waals surface area contributed by atoms with Gasteiger partial charge in [-0.25, -0.2) is 0 Å². The third-order valence-electron chi connectivity index (χ3n) is 1.56. The van der Waals surface area contributed by atoms with Gasteiger partial charge in [0.25, 0.3) is 0 Å². The Morgan fingerprint density at radius 1 is 0.938 bits per heavy atom. The number of hydrogen-bond acceptors (Lipinski definition) is 0. The topological polar surface area (TPSA) is 0 Å². The molecule has 0 aliphatic rings. The maximum Gasteiger partial charge on any atom is 0.416 e. The van der Waals surface area contributed by atoms with E-state index in [1.54, 1.807) is 0 Å². The van der Waals surface area contributed by atoms with Gasteiger partial charge in [0.1, 0.15) is 0 Å². The smallest absolute Gasteiger partial charge is 0.193 e. The average Bonchev–Trinajstić information content (AvgIpc) is 2.13. The van der Waals surface area contributed by atoms with Crippen molar-refractivity contribution in [1.29, 1.82) is 0 Å². The van der Waals surface area contributed by atoms with Crippen molar-refractivity contribution in [2.24, 2.45) is 0 Å². The Morgan fingerprint density at radius 3 is 1.81 bits per heavy atom. The van der Waals surface area contributed by atoms with Gasteiger partial charge in [0, 0.05) is 5.56 Å². The molecule has 86 valence electrons. The van der Waals surface area contributed by atoms with Crippen molar-refractivity contribution in [3.8, 4) is 11.8 Å². The molecule has 0 nitrogen and oxygen atoms in total. The van der Waals surface area contributed by atoms with E-state index in [4.69, 9.17) is 23.2 Å². The van der Waals surface area contributed by atoms with Gasteiger partial charge in [0.15, 0.2) is 0 Å². The molecule has 16 heavy (non-hydrogen) atoms. The fourth-order valence-corrected chi connectivity index (χ4v) is 0.980. The highest BCUT2D eigenvalue weighted by atomic mass is 35.5. The fraction of sp³-hybridized carbons (Fsp3) is 0.200. The maximum absolute atomic E-state index is 12.5. The standard InChI is InChI=1S/C10H4Cl2F4/c11-9(12,13)6-5-7-1-3-8(4-2-7)10(14,15)16/h1-4H. The number of halogens is 6. The number of benzene rings is 1. The summed E-state index contributed by atoms with van der Waals surface area (Å²) in [4.78, 5) is 0. The van der Waals surface area contributed by atoms with Crippen LogP contribution in [-0.4, -0.2) is 4.59 Å². The van der Waals surface area contributed by atoms with Gasteiger partial charge in [-0.3, -0.25) is 0 Å². The molecule has 0 saturated carbocycles. The first-order chi connectivity index (χ1) is 7.18. The molecule has 0 fully saturated rings. The largest absolute Gasteiger partial charge is 0.416 e. The molecule has 0 N–H and O–H groups in total. The Balaban J connectivity index is 2.91. The Bertz CT molecular complexity index is 417. The van der Waals surface area contributed by atoms with Crippen molar-refractivity contribution in [2.75, 3.05) is 0 Å². The highest BCUT2D eigenvalue weighted by Crippen LogP contribution is 2.29. The van der Waals surface area contributed by atoms with E-state index in [0.29, 0.717) is 0 Å². The third-order valence-corrected chi connectivity index (χ3v) is 1.75. The second-order valence-corrected chi connectivity index (χ2v) is 4.06. The molecule has 0 atom stereocenters. The zero-order valence-corrected chi connectivity index (χ0v) is 9.09. The van der Waals surface area contributed by atoms with E-state index >= 15 is 0 Å². The monoisotopic (exact) mass is 270 g/mol. The summed E-state index contributed by atoms with van der Waals surface area (Å²) in [6, 6.07) is 3.89. The molecule has 0 unspecified atom stereocenters. The van der Waals surface area contributed by atoms with Crippen LogP contribution in [0.5, 0.6) is 0 Å². The molecular formula is C10H4Cl2F4. The van der Waals surface area contributed by atoms with Crippen LogP contribution in [0.25, 0.3) is 0 Å². The van der Waals surface area contributed by atoms with Crippen LogP contribution in [0.15, 0.2) is 24.3 Å². The first kappa shape index (κ1) is 13.1. The Labute approximate surface area is 99.2 Å². The van der Waals surface area contributed by atoms with E-state index in [0.717, 1.165) is 24.3 Å². The van der Waals surface area contributed by atoms with Gasteiger partial charge < -0.3 is 0 Å². The second-order valence-electron chi connectivity index (χ2n) is 2.82. The van der Waals surface area contributed by atoms with E-state index in [1.807, 2.05) is 5.92 Å². The summed E-state index contributed by atoms with van der Waals surface area (Å²) in [7, 11) is 0. The van der Waals surface area contributed by atoms with Crippen molar-refractivity contribution < 1.29 is 17.6 Å². The summed E-state index contributed by atoms with van der Waals surface area (Å²) < 4.78 is 46.3. The lowest BCUT2D eigenvalue weighted by Gasteiger charge is -2.05. The minimum absolute atomic E-state index is 0.191. The molecule has 0 radical (unpaired) electrons. The van der Waals surface area contributed by atoms with Gasteiger partial charge in [-0.15, -0.1) is 0 Å². The zero-order valence-electron chi connectivity index (χ0n) is 7.58. The van der Waals surface area contributed by atoms with Gasteiger partial charge in [-0.1, -0.05) is 29.1 Å². The maximum atomic E-state index is 12.5. The number of hydrogen-bond donors (Lipinski definition) is 0. The van der Waals surface area contributed by atoms with Crippen LogP contribution in [0.4, 0.5) is 17.6 Å². The van der Waals surface area contributed by atoms with Gasteiger partial charge in [-0.2, -0.15) is 17.6 Å². The van der Waals surface area contributed by atoms with Crippen LogP contribution in [0.3, 0.4) is 0 Å². The van der Waals surface area contributed by atoms with E-state index in [2.05, 4.69) is 5.92 Å². The number of alkyl halides is 6. The van der Waals surface area contributed by atoms with Crippen LogP contribution >= 0.6 is 23.2 Å². The predicted molar refractivity (Wildman–Crippen MR) is 53.9 cm³/mol. The molecule has 1 aromatic carbocycles. The van der Waals surface area contributed by atoms with Gasteiger partial charge in [0.2, 0.25) is 0 Å². The van der Waals surface area contributed by atoms with Crippen LogP contribution in [-0.2, 0) is 6.18 Å². The van der Waals surface area contributed by atoms with Crippen LogP contribution in [0.1, 0.15) is 11.1 Å². The van der Waals surface area contributed by atoms with E-state index in [1.165, 1.54) is 0 Å². The molecule has 6 heteroatoms. The zero-order chi connectivity index (χ0) is 12.4. The molecule has 0 aliphatic heterocycles. The second kappa shape index (κ2) is 4.52. The van der Waals surface area contributed by atoms with Crippen molar-refractivity contribution in [1.82, 2.24) is 0 Å². The first-order valence-corrected chi connectivity index (χ1v) is 4.71. The summed E-state index contributed by atoms with van der Waals surface area (Å²) >= 11 is 9.86. The Kier molecular flexibility index (Phi) is 3.72. The average molecular weight is 271 g/mol. The summed E-state index contributed by atoms with van der Waals surface area (Å²) in [5, 5.41) is 0. The minimum atomic E-state index is -4.41. The van der Waals surface area contributed by atoms with Crippen molar-refractivity contribution in [3.05, 3.63) is 35.4 Å². The predicted octanol–water partition coefficient (Wildman–Crippen LogP) is 4.16. The quantitative estimate of drug-likeness (QED) is 0.377. The molecule has 0 spiro atoms. The van der Waals surface area contributed by atoms with Crippen LogP contribution in [0, 0.1) is 11.8 Å². The van der Waals surface area contributed by atoms with Gasteiger partial charge in [0.05, 0.1) is 5.56 Å². The number of rotatable bonds is 0. The SMILES string of the molecule is FC(Cl)(Cl)C#Cc1ccc(C(F)(F)F)cc1. The lowest BCUT2D eigenvalue weighted by atomic mass is 10.1. The summed E-state index contributed by atoms with van der Waals surface area (Å²) in [6.45, 7) is 0. The molecule has 1 rings (SSSR count). The fourth-order valence-electron chi connectivity index (χ4n) is 0.886. The highest BCUT2D eigenvalue weighted by Gasteiger charge is 2.29. The lowest BCUT2D eigenvalue weighted by Crippen LogP contribution is -2.04. The van der Waals surface area contributed by atoms with Crippen LogP contribution < -0.4 is 0 Å². The Hall–Kier alpha value is -0.920. The molecule has 0 bridgehead atoms.